The van der Waals surface area contributed by atoms with Gasteiger partial charge < -0.3 is 10.1 Å². The Bertz CT molecular complexity index is 1230. The second-order valence-corrected chi connectivity index (χ2v) is 7.12. The summed E-state index contributed by atoms with van der Waals surface area (Å²) in [5, 5.41) is 23.3. The molecule has 0 bridgehead atoms. The lowest BCUT2D eigenvalue weighted by molar-refractivity contribution is -0.384. The Morgan fingerprint density at radius 2 is 1.81 bits per heavy atom. The van der Waals surface area contributed by atoms with Gasteiger partial charge in [0.1, 0.15) is 5.75 Å². The van der Waals surface area contributed by atoms with Gasteiger partial charge in [-0.1, -0.05) is 6.08 Å². The van der Waals surface area contributed by atoms with Crippen molar-refractivity contribution >= 4 is 29.1 Å². The minimum atomic E-state index is -0.532. The number of nitro groups is 1. The van der Waals surface area contributed by atoms with Crippen LogP contribution in [0.2, 0.25) is 0 Å². The first-order valence-electron chi connectivity index (χ1n) is 9.67. The van der Waals surface area contributed by atoms with E-state index < -0.39 is 4.92 Å². The monoisotopic (exact) mass is 428 g/mol. The summed E-state index contributed by atoms with van der Waals surface area (Å²) in [7, 11) is 0. The van der Waals surface area contributed by atoms with Gasteiger partial charge in [-0.2, -0.15) is 10.2 Å². The quantitative estimate of drug-likeness (QED) is 0.295. The number of nitriles is 1. The molecule has 0 aliphatic rings. The molecule has 0 radical (unpaired) electrons. The molecule has 3 rings (SSSR count). The van der Waals surface area contributed by atoms with Crippen LogP contribution in [0.1, 0.15) is 29.2 Å². The number of aromatic nitrogens is 1. The molecular formula is C24H20N4O4. The van der Waals surface area contributed by atoms with Crippen LogP contribution < -0.4 is 10.1 Å². The number of carbonyl (C=O) groups is 1. The number of rotatable bonds is 7. The lowest BCUT2D eigenvalue weighted by Crippen LogP contribution is -2.02. The van der Waals surface area contributed by atoms with E-state index in [1.165, 1.54) is 25.1 Å². The SMILES string of the molecule is CC(=O)/C=C/c1cc(C)c(Oc2ccc([N+](=O)[O-])c(Nc3ccc(C#N)cc3)n2)c(C)c1. The highest BCUT2D eigenvalue weighted by molar-refractivity contribution is 5.91. The minimum absolute atomic E-state index is 0.0218. The third kappa shape index (κ3) is 5.34. The fourth-order valence-corrected chi connectivity index (χ4v) is 3.05. The van der Waals surface area contributed by atoms with E-state index in [0.29, 0.717) is 17.0 Å². The Kier molecular flexibility index (Phi) is 6.61. The van der Waals surface area contributed by atoms with Gasteiger partial charge >= 0.3 is 5.69 Å². The van der Waals surface area contributed by atoms with Gasteiger partial charge in [0, 0.05) is 17.8 Å². The predicted octanol–water partition coefficient (Wildman–Crippen LogP) is 5.62. The molecule has 1 N–H and O–H groups in total. The smallest absolute Gasteiger partial charge is 0.311 e. The fourth-order valence-electron chi connectivity index (χ4n) is 3.05. The maximum atomic E-state index is 11.4. The summed E-state index contributed by atoms with van der Waals surface area (Å²) >= 11 is 0. The van der Waals surface area contributed by atoms with Crippen molar-refractivity contribution in [3.8, 4) is 17.7 Å². The molecule has 0 spiro atoms. The van der Waals surface area contributed by atoms with Crippen molar-refractivity contribution in [3.63, 3.8) is 0 Å². The molecule has 2 aromatic carbocycles. The standard InChI is InChI=1S/C24H20N4O4/c1-15-12-19(5-4-17(3)29)13-16(2)23(15)32-22-11-10-21(28(30)31)24(27-22)26-20-8-6-18(14-25)7-9-20/h4-13H,1-3H3,(H,26,27)/b5-4+. The van der Waals surface area contributed by atoms with Crippen LogP contribution in [0.3, 0.4) is 0 Å². The maximum absolute atomic E-state index is 11.4. The van der Waals surface area contributed by atoms with Gasteiger partial charge in [0.15, 0.2) is 5.78 Å². The average Bonchev–Trinajstić information content (AvgIpc) is 2.75. The van der Waals surface area contributed by atoms with Crippen molar-refractivity contribution in [3.05, 3.63) is 87.0 Å². The Morgan fingerprint density at radius 1 is 1.16 bits per heavy atom. The number of aryl methyl sites for hydroxylation is 2. The zero-order valence-electron chi connectivity index (χ0n) is 17.7. The van der Waals surface area contributed by atoms with Crippen LogP contribution in [0.4, 0.5) is 17.2 Å². The van der Waals surface area contributed by atoms with Crippen LogP contribution in [0.25, 0.3) is 6.08 Å². The van der Waals surface area contributed by atoms with E-state index in [0.717, 1.165) is 16.7 Å². The molecule has 0 saturated carbocycles. The number of allylic oxidation sites excluding steroid dienone is 1. The normalized spacial score (nSPS) is 10.6. The summed E-state index contributed by atoms with van der Waals surface area (Å²) in [6.07, 6.45) is 3.23. The number of anilines is 2. The maximum Gasteiger partial charge on any atom is 0.311 e. The van der Waals surface area contributed by atoms with Crippen LogP contribution >= 0.6 is 0 Å². The topological polar surface area (TPSA) is 118 Å². The van der Waals surface area contributed by atoms with Crippen molar-refractivity contribution in [1.29, 1.82) is 5.26 Å². The number of hydrogen-bond acceptors (Lipinski definition) is 7. The number of hydrogen-bond donors (Lipinski definition) is 1. The van der Waals surface area contributed by atoms with Crippen molar-refractivity contribution in [2.75, 3.05) is 5.32 Å². The third-order valence-electron chi connectivity index (χ3n) is 4.52. The number of carbonyl (C=O) groups excluding carboxylic acids is 1. The third-order valence-corrected chi connectivity index (χ3v) is 4.52. The summed E-state index contributed by atoms with van der Waals surface area (Å²) in [6, 6.07) is 15.0. The zero-order valence-corrected chi connectivity index (χ0v) is 17.7. The Hall–Kier alpha value is -4.51. The van der Waals surface area contributed by atoms with Crippen LogP contribution in [-0.2, 0) is 4.79 Å². The average molecular weight is 428 g/mol. The Labute approximate surface area is 185 Å². The fraction of sp³-hybridized carbons (Fsp3) is 0.125. The van der Waals surface area contributed by atoms with Gasteiger partial charge in [-0.3, -0.25) is 14.9 Å². The second-order valence-electron chi connectivity index (χ2n) is 7.12. The molecule has 0 unspecified atom stereocenters. The first-order chi connectivity index (χ1) is 15.3. The van der Waals surface area contributed by atoms with Gasteiger partial charge in [-0.05, 0) is 79.9 Å². The highest BCUT2D eigenvalue weighted by Gasteiger charge is 2.18. The zero-order chi connectivity index (χ0) is 23.3. The highest BCUT2D eigenvalue weighted by Crippen LogP contribution is 2.33. The van der Waals surface area contributed by atoms with Crippen LogP contribution in [0, 0.1) is 35.3 Å². The minimum Gasteiger partial charge on any atom is -0.438 e. The number of ether oxygens (including phenoxy) is 1. The van der Waals surface area contributed by atoms with Crippen molar-refractivity contribution in [2.45, 2.75) is 20.8 Å². The summed E-state index contributed by atoms with van der Waals surface area (Å²) in [4.78, 5) is 26.4. The second kappa shape index (κ2) is 9.53. The molecule has 1 aromatic heterocycles. The number of nitrogens with zero attached hydrogens (tertiary/aromatic N) is 3. The molecule has 0 aliphatic heterocycles. The first kappa shape index (κ1) is 22.2. The van der Waals surface area contributed by atoms with Crippen LogP contribution in [0.15, 0.2) is 54.6 Å². The van der Waals surface area contributed by atoms with E-state index in [2.05, 4.69) is 10.3 Å². The molecule has 0 saturated heterocycles. The van der Waals surface area contributed by atoms with E-state index >= 15 is 0 Å². The largest absolute Gasteiger partial charge is 0.438 e. The molecule has 0 aliphatic carbocycles. The van der Waals surface area contributed by atoms with Gasteiger partial charge in [-0.15, -0.1) is 0 Å². The molecule has 8 nitrogen and oxygen atoms in total. The molecule has 0 atom stereocenters. The number of nitrogens with one attached hydrogen (secondary N) is 1. The van der Waals surface area contributed by atoms with Gasteiger partial charge in [0.25, 0.3) is 0 Å². The van der Waals surface area contributed by atoms with E-state index in [4.69, 9.17) is 10.00 Å². The summed E-state index contributed by atoms with van der Waals surface area (Å²) < 4.78 is 5.96. The van der Waals surface area contributed by atoms with Crippen molar-refractivity contribution < 1.29 is 14.5 Å². The van der Waals surface area contributed by atoms with E-state index in [1.54, 1.807) is 30.3 Å². The van der Waals surface area contributed by atoms with E-state index in [-0.39, 0.29) is 23.2 Å². The molecular weight excluding hydrogens is 408 g/mol. The van der Waals surface area contributed by atoms with Gasteiger partial charge in [-0.25, -0.2) is 0 Å². The van der Waals surface area contributed by atoms with Crippen molar-refractivity contribution in [2.24, 2.45) is 0 Å². The summed E-state index contributed by atoms with van der Waals surface area (Å²) in [5.74, 6) is 0.743. The Balaban J connectivity index is 1.92. The van der Waals surface area contributed by atoms with Crippen molar-refractivity contribution in [1.82, 2.24) is 4.98 Å². The lowest BCUT2D eigenvalue weighted by Gasteiger charge is -2.13. The molecule has 0 amide bonds. The van der Waals surface area contributed by atoms with E-state index in [9.17, 15) is 14.9 Å². The van der Waals surface area contributed by atoms with Gasteiger partial charge in [0.05, 0.1) is 16.6 Å². The van der Waals surface area contributed by atoms with Crippen LogP contribution in [0.5, 0.6) is 11.6 Å². The van der Waals surface area contributed by atoms with E-state index in [1.807, 2.05) is 32.0 Å². The molecule has 160 valence electrons. The highest BCUT2D eigenvalue weighted by atomic mass is 16.6. The summed E-state index contributed by atoms with van der Waals surface area (Å²) in [6.45, 7) is 5.22. The lowest BCUT2D eigenvalue weighted by atomic mass is 10.0. The van der Waals surface area contributed by atoms with Gasteiger partial charge in [0.2, 0.25) is 11.7 Å². The number of benzene rings is 2. The molecule has 32 heavy (non-hydrogen) atoms. The first-order valence-corrected chi connectivity index (χ1v) is 9.67. The number of ketones is 1. The van der Waals surface area contributed by atoms with Crippen LogP contribution in [-0.4, -0.2) is 15.7 Å². The summed E-state index contributed by atoms with van der Waals surface area (Å²) in [5.41, 5.74) is 3.33. The molecule has 0 fully saturated rings. The molecule has 1 heterocycles. The number of pyridine rings is 1. The molecule has 3 aromatic rings. The molecule has 8 heteroatoms. The predicted molar refractivity (Wildman–Crippen MR) is 121 cm³/mol. The Morgan fingerprint density at radius 3 is 2.38 bits per heavy atom.